The standard InChI is InChI=1S/C14H17F2NO.ClH/c15-13-4-1-9(5-14(13)16)8-18-12-6-10-2-3-11(7-12)17-10;/h1,4-5,10-12,17H,2-3,6-8H2;1H. The summed E-state index contributed by atoms with van der Waals surface area (Å²) in [6.07, 6.45) is 4.77. The smallest absolute Gasteiger partial charge is 0.159 e. The van der Waals surface area contributed by atoms with Gasteiger partial charge in [-0.2, -0.15) is 0 Å². The first-order valence-electron chi connectivity index (χ1n) is 6.52. The zero-order chi connectivity index (χ0) is 12.5. The fraction of sp³-hybridized carbons (Fsp3) is 0.571. The molecule has 2 bridgehead atoms. The molecule has 0 spiro atoms. The molecule has 0 aliphatic carbocycles. The highest BCUT2D eigenvalue weighted by molar-refractivity contribution is 5.85. The monoisotopic (exact) mass is 289 g/mol. The molecule has 106 valence electrons. The molecular weight excluding hydrogens is 272 g/mol. The van der Waals surface area contributed by atoms with E-state index in [1.54, 1.807) is 6.07 Å². The maximum atomic E-state index is 13.0. The van der Waals surface area contributed by atoms with Crippen LogP contribution in [0.5, 0.6) is 0 Å². The van der Waals surface area contributed by atoms with Crippen LogP contribution >= 0.6 is 12.4 Å². The molecule has 2 aliphatic rings. The molecule has 0 radical (unpaired) electrons. The van der Waals surface area contributed by atoms with Crippen molar-refractivity contribution < 1.29 is 13.5 Å². The van der Waals surface area contributed by atoms with Gasteiger partial charge in [-0.25, -0.2) is 8.78 Å². The fourth-order valence-electron chi connectivity index (χ4n) is 2.98. The lowest BCUT2D eigenvalue weighted by molar-refractivity contribution is 0.00904. The van der Waals surface area contributed by atoms with Crippen LogP contribution in [0.4, 0.5) is 8.78 Å². The van der Waals surface area contributed by atoms with E-state index in [0.717, 1.165) is 18.9 Å². The summed E-state index contributed by atoms with van der Waals surface area (Å²) >= 11 is 0. The molecule has 2 fully saturated rings. The Labute approximate surface area is 117 Å². The first-order chi connectivity index (χ1) is 8.70. The molecule has 2 saturated heterocycles. The number of hydrogen-bond donors (Lipinski definition) is 1. The summed E-state index contributed by atoms with van der Waals surface area (Å²) in [6.45, 7) is 0.362. The van der Waals surface area contributed by atoms with Crippen LogP contribution in [0, 0.1) is 11.6 Å². The third-order valence-electron chi connectivity index (χ3n) is 3.90. The van der Waals surface area contributed by atoms with Gasteiger partial charge in [0, 0.05) is 12.1 Å². The minimum absolute atomic E-state index is 0. The highest BCUT2D eigenvalue weighted by Gasteiger charge is 2.33. The van der Waals surface area contributed by atoms with Gasteiger partial charge in [0.15, 0.2) is 11.6 Å². The second-order valence-corrected chi connectivity index (χ2v) is 5.29. The van der Waals surface area contributed by atoms with E-state index >= 15 is 0 Å². The third kappa shape index (κ3) is 3.44. The van der Waals surface area contributed by atoms with Gasteiger partial charge in [-0.15, -0.1) is 12.4 Å². The Balaban J connectivity index is 0.00000133. The number of fused-ring (bicyclic) bond motifs is 2. The van der Waals surface area contributed by atoms with Crippen LogP contribution in [0.25, 0.3) is 0 Å². The van der Waals surface area contributed by atoms with Crippen LogP contribution in [0.3, 0.4) is 0 Å². The molecule has 2 nitrogen and oxygen atoms in total. The second-order valence-electron chi connectivity index (χ2n) is 5.29. The Bertz CT molecular complexity index is 431. The molecule has 19 heavy (non-hydrogen) atoms. The number of piperidine rings is 1. The average molecular weight is 290 g/mol. The van der Waals surface area contributed by atoms with Crippen molar-refractivity contribution in [3.8, 4) is 0 Å². The summed E-state index contributed by atoms with van der Waals surface area (Å²) in [6, 6.07) is 5.11. The van der Waals surface area contributed by atoms with E-state index in [9.17, 15) is 8.78 Å². The Morgan fingerprint density at radius 2 is 1.79 bits per heavy atom. The third-order valence-corrected chi connectivity index (χ3v) is 3.90. The largest absolute Gasteiger partial charge is 0.373 e. The highest BCUT2D eigenvalue weighted by Crippen LogP contribution is 2.29. The maximum Gasteiger partial charge on any atom is 0.159 e. The predicted octanol–water partition coefficient (Wildman–Crippen LogP) is 3.19. The first-order valence-corrected chi connectivity index (χ1v) is 6.52. The predicted molar refractivity (Wildman–Crippen MR) is 71.4 cm³/mol. The zero-order valence-corrected chi connectivity index (χ0v) is 11.4. The Hall–Kier alpha value is -0.710. The van der Waals surface area contributed by atoms with Crippen LogP contribution < -0.4 is 5.32 Å². The second kappa shape index (κ2) is 6.16. The summed E-state index contributed by atoms with van der Waals surface area (Å²) in [4.78, 5) is 0. The van der Waals surface area contributed by atoms with E-state index in [0.29, 0.717) is 24.3 Å². The maximum absolute atomic E-state index is 13.0. The lowest BCUT2D eigenvalue weighted by atomic mass is 10.0. The van der Waals surface area contributed by atoms with Crippen molar-refractivity contribution in [1.29, 1.82) is 0 Å². The SMILES string of the molecule is Cl.Fc1ccc(COC2CC3CCC(C2)N3)cc1F. The molecule has 2 unspecified atom stereocenters. The minimum atomic E-state index is -0.807. The van der Waals surface area contributed by atoms with Crippen LogP contribution in [-0.4, -0.2) is 18.2 Å². The van der Waals surface area contributed by atoms with Crippen molar-refractivity contribution in [2.24, 2.45) is 0 Å². The first kappa shape index (κ1) is 14.7. The average Bonchev–Trinajstić information content (AvgIpc) is 2.70. The van der Waals surface area contributed by atoms with Crippen molar-refractivity contribution in [3.05, 3.63) is 35.4 Å². The van der Waals surface area contributed by atoms with E-state index in [2.05, 4.69) is 5.32 Å². The molecule has 2 atom stereocenters. The van der Waals surface area contributed by atoms with Crippen molar-refractivity contribution in [1.82, 2.24) is 5.32 Å². The topological polar surface area (TPSA) is 21.3 Å². The van der Waals surface area contributed by atoms with Crippen molar-refractivity contribution in [3.63, 3.8) is 0 Å². The Kier molecular flexibility index (Phi) is 4.76. The molecule has 1 aromatic carbocycles. The van der Waals surface area contributed by atoms with E-state index in [-0.39, 0.29) is 18.5 Å². The lowest BCUT2D eigenvalue weighted by Crippen LogP contribution is -2.41. The molecular formula is C14H18ClF2NO. The molecule has 1 N–H and O–H groups in total. The van der Waals surface area contributed by atoms with Gasteiger partial charge < -0.3 is 10.1 Å². The van der Waals surface area contributed by atoms with Crippen molar-refractivity contribution in [2.75, 3.05) is 0 Å². The molecule has 2 aliphatic heterocycles. The quantitative estimate of drug-likeness (QED) is 0.923. The van der Waals surface area contributed by atoms with Crippen molar-refractivity contribution >= 4 is 12.4 Å². The van der Waals surface area contributed by atoms with E-state index in [1.165, 1.54) is 18.9 Å². The molecule has 0 saturated carbocycles. The molecule has 0 amide bonds. The summed E-state index contributed by atoms with van der Waals surface area (Å²) in [5, 5.41) is 3.55. The molecule has 1 aromatic rings. The van der Waals surface area contributed by atoms with Gasteiger partial charge in [0.25, 0.3) is 0 Å². The van der Waals surface area contributed by atoms with Gasteiger partial charge in [-0.05, 0) is 43.4 Å². The van der Waals surface area contributed by atoms with Gasteiger partial charge in [0.1, 0.15) is 0 Å². The number of nitrogens with one attached hydrogen (secondary N) is 1. The van der Waals surface area contributed by atoms with Crippen LogP contribution in [0.1, 0.15) is 31.2 Å². The minimum Gasteiger partial charge on any atom is -0.373 e. The Morgan fingerprint density at radius 1 is 1.11 bits per heavy atom. The van der Waals surface area contributed by atoms with Crippen LogP contribution in [0.2, 0.25) is 0 Å². The molecule has 2 heterocycles. The number of rotatable bonds is 3. The number of benzene rings is 1. The van der Waals surface area contributed by atoms with Crippen molar-refractivity contribution in [2.45, 2.75) is 50.5 Å². The van der Waals surface area contributed by atoms with Crippen LogP contribution in [0.15, 0.2) is 18.2 Å². The van der Waals surface area contributed by atoms with E-state index < -0.39 is 11.6 Å². The fourth-order valence-corrected chi connectivity index (χ4v) is 2.98. The van der Waals surface area contributed by atoms with E-state index in [4.69, 9.17) is 4.74 Å². The molecule has 3 rings (SSSR count). The summed E-state index contributed by atoms with van der Waals surface area (Å²) < 4.78 is 31.6. The number of ether oxygens (including phenoxy) is 1. The summed E-state index contributed by atoms with van der Waals surface area (Å²) in [5.74, 6) is -1.61. The van der Waals surface area contributed by atoms with Crippen LogP contribution in [-0.2, 0) is 11.3 Å². The highest BCUT2D eigenvalue weighted by atomic mass is 35.5. The number of hydrogen-bond acceptors (Lipinski definition) is 2. The number of halogens is 3. The molecule has 0 aromatic heterocycles. The Morgan fingerprint density at radius 3 is 2.42 bits per heavy atom. The van der Waals surface area contributed by atoms with Gasteiger partial charge in [-0.3, -0.25) is 0 Å². The molecule has 5 heteroatoms. The van der Waals surface area contributed by atoms with Gasteiger partial charge >= 0.3 is 0 Å². The van der Waals surface area contributed by atoms with Gasteiger partial charge in [-0.1, -0.05) is 6.07 Å². The zero-order valence-electron chi connectivity index (χ0n) is 10.6. The summed E-state index contributed by atoms with van der Waals surface area (Å²) in [7, 11) is 0. The van der Waals surface area contributed by atoms with E-state index in [1.807, 2.05) is 0 Å². The van der Waals surface area contributed by atoms with Gasteiger partial charge in [0.05, 0.1) is 12.7 Å². The lowest BCUT2D eigenvalue weighted by Gasteiger charge is -2.29. The normalized spacial score (nSPS) is 29.1. The summed E-state index contributed by atoms with van der Waals surface area (Å²) in [5.41, 5.74) is 0.694. The van der Waals surface area contributed by atoms with Gasteiger partial charge in [0.2, 0.25) is 0 Å².